The van der Waals surface area contributed by atoms with Crippen LogP contribution in [0.5, 0.6) is 0 Å². The van der Waals surface area contributed by atoms with E-state index in [2.05, 4.69) is 29.6 Å². The van der Waals surface area contributed by atoms with Crippen LogP contribution in [0.4, 0.5) is 0 Å². The second-order valence-corrected chi connectivity index (χ2v) is 6.04. The molecule has 0 bridgehead atoms. The SMILES string of the molecule is c1cc(C2CCNC2)ccc1C1CCCCCC1. The van der Waals surface area contributed by atoms with E-state index in [1.807, 2.05) is 0 Å². The first kappa shape index (κ1) is 12.2. The highest BCUT2D eigenvalue weighted by atomic mass is 14.9. The van der Waals surface area contributed by atoms with E-state index in [0.29, 0.717) is 0 Å². The molecular weight excluding hydrogens is 218 g/mol. The fourth-order valence-electron chi connectivity index (χ4n) is 3.59. The van der Waals surface area contributed by atoms with Gasteiger partial charge in [0.15, 0.2) is 0 Å². The molecule has 1 unspecified atom stereocenters. The van der Waals surface area contributed by atoms with Gasteiger partial charge < -0.3 is 5.32 Å². The van der Waals surface area contributed by atoms with Crippen molar-refractivity contribution in [3.8, 4) is 0 Å². The molecule has 98 valence electrons. The molecule has 1 saturated carbocycles. The minimum Gasteiger partial charge on any atom is -0.316 e. The van der Waals surface area contributed by atoms with Crippen molar-refractivity contribution in [2.75, 3.05) is 13.1 Å². The maximum atomic E-state index is 3.46. The van der Waals surface area contributed by atoms with Crippen molar-refractivity contribution in [2.45, 2.75) is 56.8 Å². The quantitative estimate of drug-likeness (QED) is 0.768. The number of nitrogens with one attached hydrogen (secondary N) is 1. The molecule has 1 N–H and O–H groups in total. The van der Waals surface area contributed by atoms with Gasteiger partial charge in [-0.25, -0.2) is 0 Å². The van der Waals surface area contributed by atoms with Crippen molar-refractivity contribution in [3.63, 3.8) is 0 Å². The summed E-state index contributed by atoms with van der Waals surface area (Å²) in [7, 11) is 0. The van der Waals surface area contributed by atoms with Crippen LogP contribution in [0.25, 0.3) is 0 Å². The summed E-state index contributed by atoms with van der Waals surface area (Å²) in [6.07, 6.45) is 9.88. The van der Waals surface area contributed by atoms with Gasteiger partial charge in [-0.1, -0.05) is 49.9 Å². The van der Waals surface area contributed by atoms with Crippen LogP contribution in [-0.2, 0) is 0 Å². The molecule has 0 aromatic heterocycles. The molecule has 18 heavy (non-hydrogen) atoms. The van der Waals surface area contributed by atoms with Crippen LogP contribution in [-0.4, -0.2) is 13.1 Å². The zero-order chi connectivity index (χ0) is 12.2. The van der Waals surface area contributed by atoms with Crippen molar-refractivity contribution >= 4 is 0 Å². The monoisotopic (exact) mass is 243 g/mol. The van der Waals surface area contributed by atoms with E-state index in [-0.39, 0.29) is 0 Å². The highest BCUT2D eigenvalue weighted by Gasteiger charge is 2.18. The molecule has 1 saturated heterocycles. The first-order valence-corrected chi connectivity index (χ1v) is 7.74. The third-order valence-corrected chi connectivity index (χ3v) is 4.79. The molecule has 1 atom stereocenters. The van der Waals surface area contributed by atoms with Gasteiger partial charge in [0.2, 0.25) is 0 Å². The average Bonchev–Trinajstić information content (AvgIpc) is 2.82. The van der Waals surface area contributed by atoms with E-state index < -0.39 is 0 Å². The zero-order valence-corrected chi connectivity index (χ0v) is 11.3. The molecule has 1 aliphatic carbocycles. The van der Waals surface area contributed by atoms with Crippen molar-refractivity contribution in [2.24, 2.45) is 0 Å². The highest BCUT2D eigenvalue weighted by molar-refractivity contribution is 5.28. The minimum absolute atomic E-state index is 0.758. The van der Waals surface area contributed by atoms with E-state index in [1.165, 1.54) is 63.6 Å². The molecule has 1 aromatic carbocycles. The van der Waals surface area contributed by atoms with E-state index in [0.717, 1.165) is 11.8 Å². The normalized spacial score (nSPS) is 26.1. The molecule has 1 aromatic rings. The fraction of sp³-hybridized carbons (Fsp3) is 0.647. The number of benzene rings is 1. The van der Waals surface area contributed by atoms with Crippen LogP contribution in [0, 0.1) is 0 Å². The lowest BCUT2D eigenvalue weighted by molar-refractivity contribution is 0.592. The van der Waals surface area contributed by atoms with Crippen molar-refractivity contribution < 1.29 is 0 Å². The second-order valence-electron chi connectivity index (χ2n) is 6.04. The van der Waals surface area contributed by atoms with E-state index in [1.54, 1.807) is 5.56 Å². The number of rotatable bonds is 2. The molecule has 0 radical (unpaired) electrons. The Morgan fingerprint density at radius 2 is 1.33 bits per heavy atom. The molecule has 2 aliphatic rings. The van der Waals surface area contributed by atoms with E-state index >= 15 is 0 Å². The molecular formula is C17H25N. The molecule has 1 aliphatic heterocycles. The predicted molar refractivity (Wildman–Crippen MR) is 77.1 cm³/mol. The average molecular weight is 243 g/mol. The van der Waals surface area contributed by atoms with Gasteiger partial charge in [0.1, 0.15) is 0 Å². The van der Waals surface area contributed by atoms with Crippen LogP contribution in [0.15, 0.2) is 24.3 Å². The van der Waals surface area contributed by atoms with Gasteiger partial charge in [0.25, 0.3) is 0 Å². The summed E-state index contributed by atoms with van der Waals surface area (Å²) >= 11 is 0. The van der Waals surface area contributed by atoms with Gasteiger partial charge in [0, 0.05) is 6.54 Å². The maximum Gasteiger partial charge on any atom is 0.00206 e. The summed E-state index contributed by atoms with van der Waals surface area (Å²) in [5.74, 6) is 1.59. The fourth-order valence-corrected chi connectivity index (χ4v) is 3.59. The standard InChI is InChI=1S/C17H25N/c1-2-4-6-14(5-3-1)15-7-9-16(10-8-15)17-11-12-18-13-17/h7-10,14,17-18H,1-6,11-13H2. The molecule has 1 heterocycles. The first-order chi connectivity index (χ1) is 8.93. The van der Waals surface area contributed by atoms with E-state index in [9.17, 15) is 0 Å². The molecule has 0 spiro atoms. The summed E-state index contributed by atoms with van der Waals surface area (Å²) in [5, 5.41) is 3.46. The van der Waals surface area contributed by atoms with Gasteiger partial charge in [-0.15, -0.1) is 0 Å². The van der Waals surface area contributed by atoms with Crippen LogP contribution >= 0.6 is 0 Å². The molecule has 1 nitrogen and oxygen atoms in total. The van der Waals surface area contributed by atoms with Gasteiger partial charge in [-0.2, -0.15) is 0 Å². The maximum absolute atomic E-state index is 3.46. The van der Waals surface area contributed by atoms with Gasteiger partial charge >= 0.3 is 0 Å². The van der Waals surface area contributed by atoms with Gasteiger partial charge in [-0.3, -0.25) is 0 Å². The van der Waals surface area contributed by atoms with Crippen LogP contribution in [0.3, 0.4) is 0 Å². The Morgan fingerprint density at radius 3 is 1.89 bits per heavy atom. The van der Waals surface area contributed by atoms with Crippen LogP contribution in [0.1, 0.15) is 67.9 Å². The Kier molecular flexibility index (Phi) is 3.99. The smallest absolute Gasteiger partial charge is 0.00206 e. The topological polar surface area (TPSA) is 12.0 Å². The lowest BCUT2D eigenvalue weighted by Gasteiger charge is -2.16. The third-order valence-electron chi connectivity index (χ3n) is 4.79. The molecule has 3 rings (SSSR count). The number of hydrogen-bond acceptors (Lipinski definition) is 1. The van der Waals surface area contributed by atoms with Crippen LogP contribution in [0.2, 0.25) is 0 Å². The van der Waals surface area contributed by atoms with Gasteiger partial charge in [-0.05, 0) is 48.8 Å². The van der Waals surface area contributed by atoms with Crippen molar-refractivity contribution in [3.05, 3.63) is 35.4 Å². The summed E-state index contributed by atoms with van der Waals surface area (Å²) in [6.45, 7) is 2.36. The summed E-state index contributed by atoms with van der Waals surface area (Å²) in [6, 6.07) is 9.59. The Morgan fingerprint density at radius 1 is 0.722 bits per heavy atom. The molecule has 0 amide bonds. The Labute approximate surface area is 111 Å². The van der Waals surface area contributed by atoms with Gasteiger partial charge in [0.05, 0.1) is 0 Å². The molecule has 1 heteroatoms. The number of hydrogen-bond donors (Lipinski definition) is 1. The van der Waals surface area contributed by atoms with E-state index in [4.69, 9.17) is 0 Å². The molecule has 2 fully saturated rings. The second kappa shape index (κ2) is 5.88. The van der Waals surface area contributed by atoms with Crippen molar-refractivity contribution in [1.29, 1.82) is 0 Å². The Balaban J connectivity index is 1.69. The largest absolute Gasteiger partial charge is 0.316 e. The Bertz CT molecular complexity index is 354. The lowest BCUT2D eigenvalue weighted by Crippen LogP contribution is -2.08. The first-order valence-electron chi connectivity index (χ1n) is 7.74. The Hall–Kier alpha value is -0.820. The zero-order valence-electron chi connectivity index (χ0n) is 11.3. The lowest BCUT2D eigenvalue weighted by atomic mass is 9.89. The summed E-state index contributed by atoms with van der Waals surface area (Å²) in [5.41, 5.74) is 3.13. The highest BCUT2D eigenvalue weighted by Crippen LogP contribution is 2.32. The van der Waals surface area contributed by atoms with Crippen molar-refractivity contribution in [1.82, 2.24) is 5.32 Å². The third kappa shape index (κ3) is 2.77. The summed E-state index contributed by atoms with van der Waals surface area (Å²) in [4.78, 5) is 0. The minimum atomic E-state index is 0.758. The van der Waals surface area contributed by atoms with Crippen LogP contribution < -0.4 is 5.32 Å². The summed E-state index contributed by atoms with van der Waals surface area (Å²) < 4.78 is 0. The predicted octanol–water partition coefficient (Wildman–Crippen LogP) is 4.20.